The van der Waals surface area contributed by atoms with Crippen LogP contribution in [0.5, 0.6) is 0 Å². The number of carbonyl (C=O) groups excluding carboxylic acids is 1. The number of amides is 1. The molecule has 0 spiro atoms. The van der Waals surface area contributed by atoms with Crippen LogP contribution in [-0.2, 0) is 10.9 Å². The molecule has 1 aromatic heterocycles. The molecule has 0 radical (unpaired) electrons. The van der Waals surface area contributed by atoms with Crippen LogP contribution in [0.2, 0.25) is 0 Å². The summed E-state index contributed by atoms with van der Waals surface area (Å²) in [6.07, 6.45) is -3.47. The zero-order valence-corrected chi connectivity index (χ0v) is 17.4. The molecule has 0 aliphatic rings. The highest BCUT2D eigenvalue weighted by Gasteiger charge is 2.31. The van der Waals surface area contributed by atoms with E-state index in [0.717, 1.165) is 17.7 Å². The maximum Gasteiger partial charge on any atom is 0.416 e. The molecule has 3 aromatic rings. The van der Waals surface area contributed by atoms with Gasteiger partial charge in [0.2, 0.25) is 0 Å². The minimum Gasteiger partial charge on any atom is -0.444 e. The van der Waals surface area contributed by atoms with E-state index in [-0.39, 0.29) is 0 Å². The van der Waals surface area contributed by atoms with Crippen molar-refractivity contribution in [3.8, 4) is 11.3 Å². The second-order valence-corrected chi connectivity index (χ2v) is 8.00. The van der Waals surface area contributed by atoms with Crippen LogP contribution >= 0.6 is 0 Å². The Labute approximate surface area is 179 Å². The molecule has 0 bridgehead atoms. The van der Waals surface area contributed by atoms with Crippen LogP contribution < -0.4 is 5.32 Å². The maximum atomic E-state index is 13.0. The fourth-order valence-electron chi connectivity index (χ4n) is 3.13. The first-order chi connectivity index (χ1) is 14.5. The minimum absolute atomic E-state index is 0.488. The fraction of sp³-hybridized carbons (Fsp3) is 0.250. The first-order valence-corrected chi connectivity index (χ1v) is 9.71. The molecule has 3 rings (SSSR count). The largest absolute Gasteiger partial charge is 0.444 e. The van der Waals surface area contributed by atoms with E-state index in [1.165, 1.54) is 12.1 Å². The number of nitrogens with zero attached hydrogens (tertiary/aromatic N) is 1. The average Bonchev–Trinajstić information content (AvgIpc) is 2.71. The fourth-order valence-corrected chi connectivity index (χ4v) is 3.13. The van der Waals surface area contributed by atoms with Gasteiger partial charge in [0.15, 0.2) is 0 Å². The summed E-state index contributed by atoms with van der Waals surface area (Å²) in [4.78, 5) is 16.9. The third-order valence-corrected chi connectivity index (χ3v) is 4.45. The highest BCUT2D eigenvalue weighted by atomic mass is 19.4. The van der Waals surface area contributed by atoms with Crippen LogP contribution in [0.25, 0.3) is 11.3 Å². The Kier molecular flexibility index (Phi) is 6.34. The van der Waals surface area contributed by atoms with Crippen molar-refractivity contribution in [2.75, 3.05) is 0 Å². The molecule has 1 amide bonds. The number of rotatable bonds is 4. The number of benzene rings is 2. The van der Waals surface area contributed by atoms with Gasteiger partial charge in [-0.05, 0) is 56.2 Å². The lowest BCUT2D eigenvalue weighted by Crippen LogP contribution is -2.35. The number of alkyl carbamates (subject to hydrolysis) is 1. The van der Waals surface area contributed by atoms with Crippen molar-refractivity contribution >= 4 is 6.09 Å². The highest BCUT2D eigenvalue weighted by Crippen LogP contribution is 2.34. The Balaban J connectivity index is 2.06. The summed E-state index contributed by atoms with van der Waals surface area (Å²) in [6, 6.07) is 16.7. The maximum absolute atomic E-state index is 13.0. The van der Waals surface area contributed by atoms with Crippen molar-refractivity contribution in [1.29, 1.82) is 0 Å². The summed E-state index contributed by atoms with van der Waals surface area (Å²) < 4.78 is 44.5. The Hall–Kier alpha value is -3.35. The molecule has 2 aromatic carbocycles. The van der Waals surface area contributed by atoms with E-state index in [1.54, 1.807) is 39.1 Å². The quantitative estimate of drug-likeness (QED) is 0.524. The van der Waals surface area contributed by atoms with Gasteiger partial charge in [-0.2, -0.15) is 13.2 Å². The summed E-state index contributed by atoms with van der Waals surface area (Å²) >= 11 is 0. The van der Waals surface area contributed by atoms with Gasteiger partial charge in [0.25, 0.3) is 0 Å². The van der Waals surface area contributed by atoms with Gasteiger partial charge < -0.3 is 10.1 Å². The molecule has 1 unspecified atom stereocenters. The van der Waals surface area contributed by atoms with E-state index in [0.29, 0.717) is 16.8 Å². The van der Waals surface area contributed by atoms with Crippen molar-refractivity contribution in [2.45, 2.75) is 38.6 Å². The minimum atomic E-state index is -4.45. The molecule has 162 valence electrons. The normalized spacial score (nSPS) is 12.8. The lowest BCUT2D eigenvalue weighted by atomic mass is 9.92. The van der Waals surface area contributed by atoms with E-state index in [1.807, 2.05) is 30.3 Å². The lowest BCUT2D eigenvalue weighted by molar-refractivity contribution is -0.137. The van der Waals surface area contributed by atoms with E-state index >= 15 is 0 Å². The molecule has 0 fully saturated rings. The monoisotopic (exact) mass is 428 g/mol. The van der Waals surface area contributed by atoms with Crippen LogP contribution in [-0.4, -0.2) is 16.7 Å². The Bertz CT molecular complexity index is 1030. The van der Waals surface area contributed by atoms with Crippen molar-refractivity contribution in [1.82, 2.24) is 10.3 Å². The zero-order chi connectivity index (χ0) is 22.6. The molecule has 1 N–H and O–H groups in total. The Morgan fingerprint density at radius 1 is 0.935 bits per heavy atom. The van der Waals surface area contributed by atoms with Gasteiger partial charge in [-0.3, -0.25) is 4.98 Å². The number of pyridine rings is 1. The number of hydrogen-bond acceptors (Lipinski definition) is 3. The predicted octanol–water partition coefficient (Wildman–Crippen LogP) is 6.38. The van der Waals surface area contributed by atoms with E-state index in [2.05, 4.69) is 10.3 Å². The van der Waals surface area contributed by atoms with Crippen LogP contribution in [0.4, 0.5) is 18.0 Å². The summed E-state index contributed by atoms with van der Waals surface area (Å²) in [7, 11) is 0. The van der Waals surface area contributed by atoms with Gasteiger partial charge in [-0.15, -0.1) is 0 Å². The Morgan fingerprint density at radius 3 is 2.16 bits per heavy atom. The van der Waals surface area contributed by atoms with Crippen LogP contribution in [0, 0.1) is 0 Å². The molecule has 31 heavy (non-hydrogen) atoms. The zero-order valence-electron chi connectivity index (χ0n) is 17.4. The number of nitrogens with one attached hydrogen (secondary N) is 1. The first-order valence-electron chi connectivity index (χ1n) is 9.71. The first kappa shape index (κ1) is 22.3. The number of aromatic nitrogens is 1. The third kappa shape index (κ3) is 5.84. The van der Waals surface area contributed by atoms with Crippen LogP contribution in [0.3, 0.4) is 0 Å². The molecular formula is C24H23F3N2O2. The summed E-state index contributed by atoms with van der Waals surface area (Å²) in [6.45, 7) is 5.21. The van der Waals surface area contributed by atoms with E-state index in [4.69, 9.17) is 4.74 Å². The van der Waals surface area contributed by atoms with Crippen LogP contribution in [0.1, 0.15) is 43.5 Å². The smallest absolute Gasteiger partial charge is 0.416 e. The van der Waals surface area contributed by atoms with Gasteiger partial charge in [-0.25, -0.2) is 4.79 Å². The van der Waals surface area contributed by atoms with Crippen molar-refractivity contribution in [3.05, 3.63) is 89.6 Å². The molecule has 1 atom stereocenters. The van der Waals surface area contributed by atoms with Gasteiger partial charge in [0, 0.05) is 11.8 Å². The molecule has 0 saturated heterocycles. The summed E-state index contributed by atoms with van der Waals surface area (Å²) in [5, 5.41) is 2.80. The van der Waals surface area contributed by atoms with Gasteiger partial charge in [0.05, 0.1) is 17.3 Å². The van der Waals surface area contributed by atoms with Crippen molar-refractivity contribution in [2.24, 2.45) is 0 Å². The molecule has 1 heterocycles. The molecule has 0 aliphatic carbocycles. The topological polar surface area (TPSA) is 51.2 Å². The molecule has 7 heteroatoms. The van der Waals surface area contributed by atoms with Gasteiger partial charge in [0.1, 0.15) is 5.60 Å². The number of halogens is 3. The van der Waals surface area contributed by atoms with E-state index in [9.17, 15) is 18.0 Å². The molecule has 0 aliphatic heterocycles. The average molecular weight is 428 g/mol. The van der Waals surface area contributed by atoms with Crippen LogP contribution in [0.15, 0.2) is 72.9 Å². The number of hydrogen-bond donors (Lipinski definition) is 1. The highest BCUT2D eigenvalue weighted by molar-refractivity contribution is 5.72. The van der Waals surface area contributed by atoms with E-state index < -0.39 is 29.5 Å². The number of ether oxygens (including phenoxy) is 1. The second kappa shape index (κ2) is 8.79. The molecule has 4 nitrogen and oxygen atoms in total. The predicted molar refractivity (Wildman–Crippen MR) is 112 cm³/mol. The summed E-state index contributed by atoms with van der Waals surface area (Å²) in [5.41, 5.74) is 1.12. The molecular weight excluding hydrogens is 405 g/mol. The Morgan fingerprint density at radius 2 is 1.58 bits per heavy atom. The van der Waals surface area contributed by atoms with Gasteiger partial charge in [-0.1, -0.05) is 42.5 Å². The lowest BCUT2D eigenvalue weighted by Gasteiger charge is -2.26. The second-order valence-electron chi connectivity index (χ2n) is 8.00. The third-order valence-electron chi connectivity index (χ3n) is 4.45. The van der Waals surface area contributed by atoms with Crippen molar-refractivity contribution in [3.63, 3.8) is 0 Å². The van der Waals surface area contributed by atoms with Gasteiger partial charge >= 0.3 is 12.3 Å². The molecule has 0 saturated carbocycles. The SMILES string of the molecule is CC(C)(C)OC(=O)NC(c1ccc(C(F)(F)F)cc1)c1ccccc1-c1ccccn1. The number of alkyl halides is 3. The standard InChI is InChI=1S/C24H23F3N2O2/c1-23(2,3)31-22(30)29-21(16-11-13-17(14-12-16)24(25,26)27)19-9-5-4-8-18(19)20-10-6-7-15-28-20/h4-15,21H,1-3H3,(H,29,30). The van der Waals surface area contributed by atoms with Crippen molar-refractivity contribution < 1.29 is 22.7 Å². The summed E-state index contributed by atoms with van der Waals surface area (Å²) in [5.74, 6) is 0. The number of carbonyl (C=O) groups is 1.